The number of rotatable bonds is 5. The topological polar surface area (TPSA) is 59.0 Å². The van der Waals surface area contributed by atoms with Crippen molar-refractivity contribution in [2.24, 2.45) is 0 Å². The first-order valence-electron chi connectivity index (χ1n) is 6.42. The van der Waals surface area contributed by atoms with Gasteiger partial charge in [-0.3, -0.25) is 4.90 Å². The van der Waals surface area contributed by atoms with Crippen LogP contribution in [0.4, 0.5) is 0 Å². The molecule has 1 N–H and O–H groups in total. The molecule has 3 unspecified atom stereocenters. The van der Waals surface area contributed by atoms with E-state index in [4.69, 9.17) is 14.6 Å². The lowest BCUT2D eigenvalue weighted by Gasteiger charge is -2.38. The standard InChI is InChI=1S/C12H21NO4/c1-2-16-11(12(14)15)8-13-6-7-17-10-5-3-4-9(10)13/h9-11H,2-8H2,1H3,(H,14,15). The summed E-state index contributed by atoms with van der Waals surface area (Å²) in [6.07, 6.45) is 2.99. The van der Waals surface area contributed by atoms with E-state index in [2.05, 4.69) is 4.90 Å². The van der Waals surface area contributed by atoms with Gasteiger partial charge in [-0.15, -0.1) is 0 Å². The number of nitrogens with zero attached hydrogens (tertiary/aromatic N) is 1. The second-order valence-electron chi connectivity index (χ2n) is 4.68. The Balaban J connectivity index is 1.93. The van der Waals surface area contributed by atoms with Crippen LogP contribution in [0.15, 0.2) is 0 Å². The van der Waals surface area contributed by atoms with Gasteiger partial charge in [-0.25, -0.2) is 4.79 Å². The molecule has 1 aliphatic carbocycles. The maximum atomic E-state index is 11.1. The molecule has 0 radical (unpaired) electrons. The number of morpholine rings is 1. The summed E-state index contributed by atoms with van der Waals surface area (Å²) in [6, 6.07) is 0.394. The summed E-state index contributed by atoms with van der Waals surface area (Å²) >= 11 is 0. The van der Waals surface area contributed by atoms with E-state index in [0.29, 0.717) is 31.9 Å². The first kappa shape index (κ1) is 12.8. The molecule has 2 fully saturated rings. The lowest BCUT2D eigenvalue weighted by atomic mass is 10.1. The normalized spacial score (nSPS) is 31.1. The Kier molecular flexibility index (Phi) is 4.36. The maximum absolute atomic E-state index is 11.1. The van der Waals surface area contributed by atoms with Crippen LogP contribution in [0.1, 0.15) is 26.2 Å². The van der Waals surface area contributed by atoms with Gasteiger partial charge in [0.25, 0.3) is 0 Å². The minimum absolute atomic E-state index is 0.305. The van der Waals surface area contributed by atoms with Crippen molar-refractivity contribution in [2.45, 2.75) is 44.4 Å². The summed E-state index contributed by atoms with van der Waals surface area (Å²) in [7, 11) is 0. The van der Waals surface area contributed by atoms with E-state index in [1.54, 1.807) is 0 Å². The predicted octanol–water partition coefficient (Wildman–Crippen LogP) is 0.729. The van der Waals surface area contributed by atoms with Crippen molar-refractivity contribution < 1.29 is 19.4 Å². The van der Waals surface area contributed by atoms with E-state index in [9.17, 15) is 4.79 Å². The molecule has 17 heavy (non-hydrogen) atoms. The van der Waals surface area contributed by atoms with Gasteiger partial charge in [-0.05, 0) is 26.2 Å². The lowest BCUT2D eigenvalue weighted by Crippen LogP contribution is -2.52. The molecule has 0 amide bonds. The molecule has 2 rings (SSSR count). The summed E-state index contributed by atoms with van der Waals surface area (Å²) in [4.78, 5) is 13.3. The average Bonchev–Trinajstić information content (AvgIpc) is 2.77. The Morgan fingerprint density at radius 2 is 2.41 bits per heavy atom. The Bertz CT molecular complexity index is 271. The average molecular weight is 243 g/mol. The van der Waals surface area contributed by atoms with Crippen molar-refractivity contribution >= 4 is 5.97 Å². The SMILES string of the molecule is CCOC(CN1CCOC2CCCC21)C(=O)O. The van der Waals surface area contributed by atoms with Crippen LogP contribution in [0.2, 0.25) is 0 Å². The van der Waals surface area contributed by atoms with Crippen LogP contribution in [0.25, 0.3) is 0 Å². The highest BCUT2D eigenvalue weighted by atomic mass is 16.5. The summed E-state index contributed by atoms with van der Waals surface area (Å²) in [5, 5.41) is 9.09. The Labute approximate surface area is 102 Å². The number of hydrogen-bond acceptors (Lipinski definition) is 4. The third kappa shape index (κ3) is 2.97. The molecule has 3 atom stereocenters. The molecule has 1 saturated heterocycles. The van der Waals surface area contributed by atoms with Gasteiger partial charge < -0.3 is 14.6 Å². The third-order valence-corrected chi connectivity index (χ3v) is 3.64. The highest BCUT2D eigenvalue weighted by Crippen LogP contribution is 2.29. The molecule has 5 heteroatoms. The van der Waals surface area contributed by atoms with Gasteiger partial charge in [0, 0.05) is 25.7 Å². The number of carboxylic acid groups (broad SMARTS) is 1. The number of fused-ring (bicyclic) bond motifs is 1. The summed E-state index contributed by atoms with van der Waals surface area (Å²) in [5.41, 5.74) is 0. The van der Waals surface area contributed by atoms with E-state index in [0.717, 1.165) is 19.4 Å². The highest BCUT2D eigenvalue weighted by Gasteiger charge is 2.37. The van der Waals surface area contributed by atoms with Gasteiger partial charge in [0.15, 0.2) is 6.10 Å². The predicted molar refractivity (Wildman–Crippen MR) is 62.0 cm³/mol. The second kappa shape index (κ2) is 5.80. The van der Waals surface area contributed by atoms with Gasteiger partial charge >= 0.3 is 5.97 Å². The van der Waals surface area contributed by atoms with Crippen molar-refractivity contribution in [1.29, 1.82) is 0 Å². The number of ether oxygens (including phenoxy) is 2. The van der Waals surface area contributed by atoms with E-state index >= 15 is 0 Å². The van der Waals surface area contributed by atoms with E-state index in [1.807, 2.05) is 6.92 Å². The molecule has 0 aromatic carbocycles. The molecule has 1 heterocycles. The maximum Gasteiger partial charge on any atom is 0.334 e. The molecule has 0 aromatic heterocycles. The molecule has 98 valence electrons. The van der Waals surface area contributed by atoms with Crippen molar-refractivity contribution in [1.82, 2.24) is 4.90 Å². The first-order valence-corrected chi connectivity index (χ1v) is 6.42. The monoisotopic (exact) mass is 243 g/mol. The Hall–Kier alpha value is -0.650. The van der Waals surface area contributed by atoms with E-state index < -0.39 is 12.1 Å². The number of hydrogen-bond donors (Lipinski definition) is 1. The van der Waals surface area contributed by atoms with Crippen LogP contribution in [-0.2, 0) is 14.3 Å². The van der Waals surface area contributed by atoms with Crippen LogP contribution in [-0.4, -0.2) is 60.5 Å². The van der Waals surface area contributed by atoms with Gasteiger partial charge in [0.1, 0.15) is 0 Å². The van der Waals surface area contributed by atoms with Crippen LogP contribution in [0, 0.1) is 0 Å². The molecule has 1 saturated carbocycles. The smallest absolute Gasteiger partial charge is 0.334 e. The molecular formula is C12H21NO4. The fraction of sp³-hybridized carbons (Fsp3) is 0.917. The lowest BCUT2D eigenvalue weighted by molar-refractivity contribution is -0.154. The van der Waals surface area contributed by atoms with Crippen molar-refractivity contribution in [3.63, 3.8) is 0 Å². The zero-order valence-corrected chi connectivity index (χ0v) is 10.3. The minimum atomic E-state index is -0.868. The molecule has 0 spiro atoms. The second-order valence-corrected chi connectivity index (χ2v) is 4.68. The highest BCUT2D eigenvalue weighted by molar-refractivity contribution is 5.72. The van der Waals surface area contributed by atoms with Crippen LogP contribution in [0.3, 0.4) is 0 Å². The zero-order valence-electron chi connectivity index (χ0n) is 10.3. The molecular weight excluding hydrogens is 222 g/mol. The van der Waals surface area contributed by atoms with Crippen molar-refractivity contribution in [3.05, 3.63) is 0 Å². The number of carboxylic acids is 1. The molecule has 0 bridgehead atoms. The molecule has 2 aliphatic rings. The summed E-state index contributed by atoms with van der Waals surface area (Å²) in [5.74, 6) is -0.868. The van der Waals surface area contributed by atoms with Crippen molar-refractivity contribution in [2.75, 3.05) is 26.3 Å². The van der Waals surface area contributed by atoms with E-state index in [-0.39, 0.29) is 0 Å². The van der Waals surface area contributed by atoms with Gasteiger partial charge in [0.05, 0.1) is 12.7 Å². The third-order valence-electron chi connectivity index (χ3n) is 3.64. The number of aliphatic carboxylic acids is 1. The van der Waals surface area contributed by atoms with Crippen LogP contribution < -0.4 is 0 Å². The van der Waals surface area contributed by atoms with Crippen LogP contribution >= 0.6 is 0 Å². The zero-order chi connectivity index (χ0) is 12.3. The van der Waals surface area contributed by atoms with Crippen molar-refractivity contribution in [3.8, 4) is 0 Å². The number of carbonyl (C=O) groups is 1. The van der Waals surface area contributed by atoms with Crippen LogP contribution in [0.5, 0.6) is 0 Å². The van der Waals surface area contributed by atoms with Gasteiger partial charge in [-0.1, -0.05) is 0 Å². The molecule has 1 aliphatic heterocycles. The Morgan fingerprint density at radius 1 is 1.59 bits per heavy atom. The van der Waals surface area contributed by atoms with Gasteiger partial charge in [0.2, 0.25) is 0 Å². The fourth-order valence-corrected chi connectivity index (χ4v) is 2.85. The largest absolute Gasteiger partial charge is 0.479 e. The fourth-order valence-electron chi connectivity index (χ4n) is 2.85. The quantitative estimate of drug-likeness (QED) is 0.771. The molecule has 5 nitrogen and oxygen atoms in total. The molecule has 0 aromatic rings. The minimum Gasteiger partial charge on any atom is -0.479 e. The Morgan fingerprint density at radius 3 is 3.12 bits per heavy atom. The summed E-state index contributed by atoms with van der Waals surface area (Å²) in [6.45, 7) is 4.27. The van der Waals surface area contributed by atoms with E-state index in [1.165, 1.54) is 6.42 Å². The summed E-state index contributed by atoms with van der Waals surface area (Å²) < 4.78 is 11.0. The first-order chi connectivity index (χ1) is 8.22. The van der Waals surface area contributed by atoms with Gasteiger partial charge in [-0.2, -0.15) is 0 Å².